The zero-order chi connectivity index (χ0) is 25.8. The molecule has 1 unspecified atom stereocenters. The predicted molar refractivity (Wildman–Crippen MR) is 122 cm³/mol. The summed E-state index contributed by atoms with van der Waals surface area (Å²) in [4.78, 5) is 45.0. The summed E-state index contributed by atoms with van der Waals surface area (Å²) in [5.41, 5.74) is -0.544. The fraction of sp³-hybridized carbons (Fsp3) is 0.333. The van der Waals surface area contributed by atoms with Crippen molar-refractivity contribution in [3.63, 3.8) is 0 Å². The summed E-state index contributed by atoms with van der Waals surface area (Å²) in [6, 6.07) is 9.10. The van der Waals surface area contributed by atoms with Gasteiger partial charge in [0.05, 0.1) is 21.0 Å². The quantitative estimate of drug-likeness (QED) is 0.145. The molecule has 0 fully saturated rings. The Balaban J connectivity index is 2.11. The minimum absolute atomic E-state index is 0.0166. The fourth-order valence-electron chi connectivity index (χ4n) is 2.79. The SMILES string of the molecule is CCCCCC#CC(F)[C@@H](COC(=O)c1ccc([N+](=O)[O-])cc1)OC(=O)c1ccc([N+](=O)[O-])cc1. The van der Waals surface area contributed by atoms with E-state index in [9.17, 15) is 34.2 Å². The second-order valence-electron chi connectivity index (χ2n) is 7.33. The Hall–Kier alpha value is -4.33. The molecule has 35 heavy (non-hydrogen) atoms. The highest BCUT2D eigenvalue weighted by Gasteiger charge is 2.27. The first-order valence-corrected chi connectivity index (χ1v) is 10.7. The third kappa shape index (κ3) is 8.51. The van der Waals surface area contributed by atoms with Gasteiger partial charge in [-0.1, -0.05) is 25.7 Å². The summed E-state index contributed by atoms with van der Waals surface area (Å²) in [6.45, 7) is 1.34. The maximum atomic E-state index is 14.8. The summed E-state index contributed by atoms with van der Waals surface area (Å²) in [7, 11) is 0. The molecule has 0 heterocycles. The second kappa shape index (κ2) is 13.4. The molecule has 11 heteroatoms. The zero-order valence-electron chi connectivity index (χ0n) is 18.8. The minimum Gasteiger partial charge on any atom is -0.458 e. The van der Waals surface area contributed by atoms with Gasteiger partial charge in [0.1, 0.15) is 6.61 Å². The highest BCUT2D eigenvalue weighted by molar-refractivity contribution is 5.90. The van der Waals surface area contributed by atoms with Crippen molar-refractivity contribution in [3.05, 3.63) is 79.9 Å². The van der Waals surface area contributed by atoms with Crippen molar-refractivity contribution in [1.82, 2.24) is 0 Å². The lowest BCUT2D eigenvalue weighted by Gasteiger charge is -2.18. The van der Waals surface area contributed by atoms with Crippen LogP contribution in [0.15, 0.2) is 48.5 Å². The molecule has 0 aliphatic carbocycles. The van der Waals surface area contributed by atoms with E-state index < -0.39 is 40.7 Å². The molecule has 2 atom stereocenters. The number of nitro groups is 2. The van der Waals surface area contributed by atoms with E-state index in [2.05, 4.69) is 11.8 Å². The van der Waals surface area contributed by atoms with Crippen molar-refractivity contribution in [2.75, 3.05) is 6.61 Å². The maximum absolute atomic E-state index is 14.8. The number of benzene rings is 2. The van der Waals surface area contributed by atoms with Crippen LogP contribution < -0.4 is 0 Å². The number of hydrogen-bond acceptors (Lipinski definition) is 8. The number of carbonyl (C=O) groups excluding carboxylic acids is 2. The van der Waals surface area contributed by atoms with Crippen molar-refractivity contribution < 1.29 is 33.3 Å². The minimum atomic E-state index is -1.97. The molecule has 0 bridgehead atoms. The van der Waals surface area contributed by atoms with E-state index in [4.69, 9.17) is 9.47 Å². The third-order valence-electron chi connectivity index (χ3n) is 4.74. The number of unbranched alkanes of at least 4 members (excludes halogenated alkanes) is 3. The molecule has 0 aliphatic rings. The molecule has 2 aromatic rings. The molecular weight excluding hydrogens is 463 g/mol. The van der Waals surface area contributed by atoms with Crippen molar-refractivity contribution in [3.8, 4) is 11.8 Å². The number of esters is 2. The molecule has 0 N–H and O–H groups in total. The molecular formula is C24H23FN2O8. The number of hydrogen-bond donors (Lipinski definition) is 0. The Morgan fingerprint density at radius 3 is 1.91 bits per heavy atom. The number of non-ortho nitro benzene ring substituents is 2. The predicted octanol–water partition coefficient (Wildman–Crippen LogP) is 4.81. The molecule has 0 spiro atoms. The highest BCUT2D eigenvalue weighted by atomic mass is 19.1. The molecule has 0 aromatic heterocycles. The molecule has 0 saturated heterocycles. The number of halogens is 1. The van der Waals surface area contributed by atoms with Crippen LogP contribution in [-0.2, 0) is 9.47 Å². The van der Waals surface area contributed by atoms with Crippen LogP contribution in [0.3, 0.4) is 0 Å². The van der Waals surface area contributed by atoms with E-state index in [1.807, 2.05) is 6.92 Å². The first-order valence-electron chi connectivity index (χ1n) is 10.7. The topological polar surface area (TPSA) is 139 Å². The van der Waals surface area contributed by atoms with E-state index >= 15 is 0 Å². The van der Waals surface area contributed by atoms with Gasteiger partial charge in [-0.2, -0.15) is 0 Å². The summed E-state index contributed by atoms with van der Waals surface area (Å²) < 4.78 is 25.0. The van der Waals surface area contributed by atoms with E-state index in [1.54, 1.807) is 0 Å². The molecule has 0 amide bonds. The zero-order valence-corrected chi connectivity index (χ0v) is 18.8. The largest absolute Gasteiger partial charge is 0.458 e. The normalized spacial score (nSPS) is 11.9. The van der Waals surface area contributed by atoms with Crippen LogP contribution in [0.5, 0.6) is 0 Å². The average Bonchev–Trinajstić information content (AvgIpc) is 2.86. The Labute approximate surface area is 200 Å². The van der Waals surface area contributed by atoms with Gasteiger partial charge in [-0.3, -0.25) is 20.2 Å². The van der Waals surface area contributed by atoms with Crippen molar-refractivity contribution in [1.29, 1.82) is 0 Å². The van der Waals surface area contributed by atoms with Crippen LogP contribution in [0.4, 0.5) is 15.8 Å². The first kappa shape index (κ1) is 26.9. The maximum Gasteiger partial charge on any atom is 0.338 e. The molecule has 184 valence electrons. The average molecular weight is 486 g/mol. The molecule has 2 aromatic carbocycles. The number of nitro benzene ring substituents is 2. The molecule has 0 saturated carbocycles. The highest BCUT2D eigenvalue weighted by Crippen LogP contribution is 2.16. The molecule has 0 radical (unpaired) electrons. The van der Waals surface area contributed by atoms with Gasteiger partial charge in [-0.15, -0.1) is 5.92 Å². The summed E-state index contributed by atoms with van der Waals surface area (Å²) in [5, 5.41) is 21.5. The number of alkyl halides is 1. The van der Waals surface area contributed by atoms with Gasteiger partial charge in [0.15, 0.2) is 6.10 Å². The molecule has 0 aliphatic heterocycles. The second-order valence-corrected chi connectivity index (χ2v) is 7.33. The number of rotatable bonds is 11. The van der Waals surface area contributed by atoms with Gasteiger partial charge < -0.3 is 9.47 Å². The fourth-order valence-corrected chi connectivity index (χ4v) is 2.79. The van der Waals surface area contributed by atoms with Crippen molar-refractivity contribution in [2.24, 2.45) is 0 Å². The van der Waals surface area contributed by atoms with Gasteiger partial charge in [-0.05, 0) is 30.7 Å². The Kier molecular flexibility index (Phi) is 10.3. The van der Waals surface area contributed by atoms with Crippen molar-refractivity contribution in [2.45, 2.75) is 44.9 Å². The van der Waals surface area contributed by atoms with Gasteiger partial charge in [0, 0.05) is 30.7 Å². The molecule has 2 rings (SSSR count). The Bertz CT molecular complexity index is 1110. The summed E-state index contributed by atoms with van der Waals surface area (Å²) >= 11 is 0. The smallest absolute Gasteiger partial charge is 0.338 e. The summed E-state index contributed by atoms with van der Waals surface area (Å²) in [5.74, 6) is 3.15. The number of ether oxygens (including phenoxy) is 2. The Morgan fingerprint density at radius 2 is 1.43 bits per heavy atom. The van der Waals surface area contributed by atoms with Gasteiger partial charge in [-0.25, -0.2) is 14.0 Å². The third-order valence-corrected chi connectivity index (χ3v) is 4.74. The van der Waals surface area contributed by atoms with Crippen LogP contribution in [0.2, 0.25) is 0 Å². The summed E-state index contributed by atoms with van der Waals surface area (Å²) in [6.07, 6.45) is -0.425. The Morgan fingerprint density at radius 1 is 0.914 bits per heavy atom. The van der Waals surface area contributed by atoms with Crippen LogP contribution in [0.25, 0.3) is 0 Å². The molecule has 10 nitrogen and oxygen atoms in total. The van der Waals surface area contributed by atoms with E-state index in [0.717, 1.165) is 55.7 Å². The lowest BCUT2D eigenvalue weighted by atomic mass is 10.1. The lowest BCUT2D eigenvalue weighted by molar-refractivity contribution is -0.385. The standard InChI is InChI=1S/C24H23FN2O8/c1-2-3-4-5-6-7-21(25)22(35-24(29)18-10-14-20(15-11-18)27(32)33)16-34-23(28)17-8-12-19(13-9-17)26(30)31/h8-15,21-22H,2-5,16H2,1H3/t21?,22-/m1/s1. The van der Waals surface area contributed by atoms with E-state index in [1.165, 1.54) is 12.1 Å². The first-order chi connectivity index (χ1) is 16.7. The van der Waals surface area contributed by atoms with Crippen LogP contribution >= 0.6 is 0 Å². The van der Waals surface area contributed by atoms with E-state index in [-0.39, 0.29) is 22.5 Å². The van der Waals surface area contributed by atoms with Crippen LogP contribution in [0, 0.1) is 32.1 Å². The van der Waals surface area contributed by atoms with E-state index in [0.29, 0.717) is 6.42 Å². The van der Waals surface area contributed by atoms with Gasteiger partial charge in [0.2, 0.25) is 6.17 Å². The lowest BCUT2D eigenvalue weighted by Crippen LogP contribution is -2.33. The van der Waals surface area contributed by atoms with Crippen molar-refractivity contribution >= 4 is 23.3 Å². The number of carbonyl (C=O) groups is 2. The number of nitrogens with zero attached hydrogens (tertiary/aromatic N) is 2. The van der Waals surface area contributed by atoms with Gasteiger partial charge in [0.25, 0.3) is 11.4 Å². The van der Waals surface area contributed by atoms with Crippen LogP contribution in [-0.4, -0.2) is 40.7 Å². The monoisotopic (exact) mass is 486 g/mol. The van der Waals surface area contributed by atoms with Crippen LogP contribution in [0.1, 0.15) is 53.3 Å². The van der Waals surface area contributed by atoms with Gasteiger partial charge >= 0.3 is 11.9 Å².